The lowest BCUT2D eigenvalue weighted by Crippen LogP contribution is -2.42. The number of fused-ring (bicyclic) bond motifs is 1. The van der Waals surface area contributed by atoms with E-state index in [0.717, 1.165) is 25.7 Å². The third-order valence-electron chi connectivity index (χ3n) is 5.43. The maximum atomic E-state index is 12.7. The lowest BCUT2D eigenvalue weighted by Gasteiger charge is -2.32. The lowest BCUT2D eigenvalue weighted by molar-refractivity contribution is -0.148. The molecule has 0 aromatic heterocycles. The summed E-state index contributed by atoms with van der Waals surface area (Å²) in [5.74, 6) is -2.14. The molecule has 1 unspecified atom stereocenters. The number of nitrogens with zero attached hydrogens (tertiary/aromatic N) is 1. The molecule has 1 amide bonds. The molecule has 2 bridgehead atoms. The fourth-order valence-corrected chi connectivity index (χ4v) is 4.51. The Hall–Kier alpha value is -1.36. The van der Waals surface area contributed by atoms with Crippen molar-refractivity contribution < 1.29 is 19.4 Å². The molecule has 0 aromatic rings. The molecule has 4 aliphatic rings. The molecular weight excluding hydrogens is 258 g/mol. The van der Waals surface area contributed by atoms with Crippen LogP contribution in [-0.2, 0) is 14.3 Å². The first-order valence-electron chi connectivity index (χ1n) is 7.53. The fraction of sp³-hybridized carbons (Fsp3) is 0.733. The van der Waals surface area contributed by atoms with Crippen molar-refractivity contribution in [1.29, 1.82) is 0 Å². The average Bonchev–Trinajstić information content (AvgIpc) is 3.08. The van der Waals surface area contributed by atoms with E-state index in [4.69, 9.17) is 4.74 Å². The smallest absolute Gasteiger partial charge is 0.310 e. The van der Waals surface area contributed by atoms with Crippen LogP contribution in [0.4, 0.5) is 0 Å². The first-order chi connectivity index (χ1) is 9.62. The SMILES string of the molecule is O=C(O)[C@H]1[C@H]2C=CC3(CN(C4CCCCC4)C(=O)[C@@H]13)O2. The summed E-state index contributed by atoms with van der Waals surface area (Å²) in [5.41, 5.74) is -0.664. The minimum absolute atomic E-state index is 0.00356. The van der Waals surface area contributed by atoms with Gasteiger partial charge >= 0.3 is 5.97 Å². The van der Waals surface area contributed by atoms with Gasteiger partial charge in [0, 0.05) is 6.04 Å². The van der Waals surface area contributed by atoms with Crippen LogP contribution < -0.4 is 0 Å². The van der Waals surface area contributed by atoms with E-state index in [9.17, 15) is 14.7 Å². The number of carboxylic acid groups (broad SMARTS) is 1. The zero-order valence-corrected chi connectivity index (χ0v) is 11.3. The molecule has 1 N–H and O–H groups in total. The van der Waals surface area contributed by atoms with E-state index < -0.39 is 29.5 Å². The number of rotatable bonds is 2. The molecule has 3 aliphatic heterocycles. The van der Waals surface area contributed by atoms with Crippen LogP contribution in [0.5, 0.6) is 0 Å². The monoisotopic (exact) mass is 277 g/mol. The van der Waals surface area contributed by atoms with Gasteiger partial charge in [-0.3, -0.25) is 9.59 Å². The first kappa shape index (κ1) is 12.4. The van der Waals surface area contributed by atoms with E-state index in [1.54, 1.807) is 0 Å². The van der Waals surface area contributed by atoms with Crippen molar-refractivity contribution >= 4 is 11.9 Å². The van der Waals surface area contributed by atoms with Crippen molar-refractivity contribution in [2.24, 2.45) is 11.8 Å². The molecule has 4 rings (SSSR count). The summed E-state index contributed by atoms with van der Waals surface area (Å²) in [4.78, 5) is 26.1. The van der Waals surface area contributed by atoms with Gasteiger partial charge < -0.3 is 14.7 Å². The number of amides is 1. The summed E-state index contributed by atoms with van der Waals surface area (Å²) in [7, 11) is 0. The molecule has 0 radical (unpaired) electrons. The van der Waals surface area contributed by atoms with Crippen LogP contribution in [0.15, 0.2) is 12.2 Å². The van der Waals surface area contributed by atoms with Gasteiger partial charge in [0.2, 0.25) is 5.91 Å². The Morgan fingerprint density at radius 1 is 1.35 bits per heavy atom. The quantitative estimate of drug-likeness (QED) is 0.770. The fourth-order valence-electron chi connectivity index (χ4n) is 4.51. The largest absolute Gasteiger partial charge is 0.481 e. The van der Waals surface area contributed by atoms with Crippen LogP contribution in [0.25, 0.3) is 0 Å². The molecule has 2 saturated heterocycles. The van der Waals surface area contributed by atoms with E-state index in [0.29, 0.717) is 6.54 Å². The Balaban J connectivity index is 1.65. The predicted molar refractivity (Wildman–Crippen MR) is 69.9 cm³/mol. The second-order valence-corrected chi connectivity index (χ2v) is 6.50. The van der Waals surface area contributed by atoms with Crippen molar-refractivity contribution in [3.63, 3.8) is 0 Å². The zero-order valence-electron chi connectivity index (χ0n) is 11.3. The molecule has 4 atom stereocenters. The summed E-state index contributed by atoms with van der Waals surface area (Å²) in [5, 5.41) is 9.41. The first-order valence-corrected chi connectivity index (χ1v) is 7.53. The van der Waals surface area contributed by atoms with Crippen molar-refractivity contribution in [3.05, 3.63) is 12.2 Å². The Bertz CT molecular complexity index is 496. The van der Waals surface area contributed by atoms with Crippen molar-refractivity contribution in [2.45, 2.75) is 49.9 Å². The Labute approximate surface area is 117 Å². The highest BCUT2D eigenvalue weighted by molar-refractivity contribution is 5.91. The van der Waals surface area contributed by atoms with Gasteiger partial charge in [-0.15, -0.1) is 0 Å². The van der Waals surface area contributed by atoms with Crippen molar-refractivity contribution in [1.82, 2.24) is 4.90 Å². The highest BCUT2D eigenvalue weighted by atomic mass is 16.5. The van der Waals surface area contributed by atoms with Crippen LogP contribution in [0, 0.1) is 11.8 Å². The van der Waals surface area contributed by atoms with E-state index in [2.05, 4.69) is 0 Å². The summed E-state index contributed by atoms with van der Waals surface area (Å²) in [6.07, 6.45) is 8.98. The van der Waals surface area contributed by atoms with Crippen molar-refractivity contribution in [3.8, 4) is 0 Å². The van der Waals surface area contributed by atoms with Gasteiger partial charge in [-0.2, -0.15) is 0 Å². The number of ether oxygens (including phenoxy) is 1. The lowest BCUT2D eigenvalue weighted by atomic mass is 9.77. The zero-order chi connectivity index (χ0) is 13.9. The second kappa shape index (κ2) is 4.07. The Morgan fingerprint density at radius 2 is 2.10 bits per heavy atom. The number of carbonyl (C=O) groups excluding carboxylic acids is 1. The third kappa shape index (κ3) is 1.47. The molecule has 1 aliphatic carbocycles. The van der Waals surface area contributed by atoms with Gasteiger partial charge in [0.1, 0.15) is 11.5 Å². The average molecular weight is 277 g/mol. The predicted octanol–water partition coefficient (Wildman–Crippen LogP) is 1.19. The Kier molecular flexibility index (Phi) is 2.52. The molecule has 5 heteroatoms. The molecule has 1 saturated carbocycles. The number of likely N-dealkylation sites (tertiary alicyclic amines) is 1. The summed E-state index contributed by atoms with van der Waals surface area (Å²) in [6.45, 7) is 0.540. The molecule has 20 heavy (non-hydrogen) atoms. The normalized spacial score (nSPS) is 43.3. The topological polar surface area (TPSA) is 66.8 Å². The molecular formula is C15H19NO4. The number of hydrogen-bond donors (Lipinski definition) is 1. The van der Waals surface area contributed by atoms with Crippen molar-refractivity contribution in [2.75, 3.05) is 6.54 Å². The van der Waals surface area contributed by atoms with E-state index >= 15 is 0 Å². The van der Waals surface area contributed by atoms with E-state index in [1.807, 2.05) is 17.1 Å². The molecule has 3 heterocycles. The number of carbonyl (C=O) groups is 2. The van der Waals surface area contributed by atoms with Gasteiger partial charge in [-0.05, 0) is 12.8 Å². The highest BCUT2D eigenvalue weighted by Crippen LogP contribution is 2.52. The van der Waals surface area contributed by atoms with Gasteiger partial charge in [-0.1, -0.05) is 31.4 Å². The number of hydrogen-bond acceptors (Lipinski definition) is 3. The Morgan fingerprint density at radius 3 is 2.80 bits per heavy atom. The number of aliphatic carboxylic acids is 1. The molecule has 3 fully saturated rings. The van der Waals surface area contributed by atoms with Gasteiger partial charge in [-0.25, -0.2) is 0 Å². The van der Waals surface area contributed by atoms with Crippen LogP contribution in [0.1, 0.15) is 32.1 Å². The second-order valence-electron chi connectivity index (χ2n) is 6.50. The minimum Gasteiger partial charge on any atom is -0.481 e. The van der Waals surface area contributed by atoms with Crippen LogP contribution in [-0.4, -0.2) is 46.2 Å². The molecule has 5 nitrogen and oxygen atoms in total. The summed E-state index contributed by atoms with van der Waals surface area (Å²) < 4.78 is 5.89. The summed E-state index contributed by atoms with van der Waals surface area (Å²) in [6, 6.07) is 0.279. The molecule has 1 spiro atoms. The van der Waals surface area contributed by atoms with E-state index in [-0.39, 0.29) is 11.9 Å². The standard InChI is InChI=1S/C15H19NO4/c17-13-12-11(14(18)19)10-6-7-15(12,20-10)8-16(13)9-4-2-1-3-5-9/h6-7,9-12H,1-5,8H2,(H,18,19)/t10-,11+,12-,15?/m1/s1. The number of carboxylic acids is 1. The van der Waals surface area contributed by atoms with E-state index in [1.165, 1.54) is 6.42 Å². The van der Waals surface area contributed by atoms with Gasteiger partial charge in [0.15, 0.2) is 0 Å². The highest BCUT2D eigenvalue weighted by Gasteiger charge is 2.67. The van der Waals surface area contributed by atoms with Crippen LogP contribution in [0.3, 0.4) is 0 Å². The summed E-state index contributed by atoms with van der Waals surface area (Å²) >= 11 is 0. The minimum atomic E-state index is -0.912. The van der Waals surface area contributed by atoms with Gasteiger partial charge in [0.25, 0.3) is 0 Å². The third-order valence-corrected chi connectivity index (χ3v) is 5.43. The molecule has 0 aromatic carbocycles. The molecule has 108 valence electrons. The van der Waals surface area contributed by atoms with Gasteiger partial charge in [0.05, 0.1) is 18.6 Å². The maximum Gasteiger partial charge on any atom is 0.310 e. The van der Waals surface area contributed by atoms with Crippen LogP contribution in [0.2, 0.25) is 0 Å². The van der Waals surface area contributed by atoms with Crippen LogP contribution >= 0.6 is 0 Å². The maximum absolute atomic E-state index is 12.7.